The SMILES string of the molecule is [2H]C[C@@]1(C(=O)Nc2cccc(C(=O)OC)c2N)CCCN1. The molecule has 1 aliphatic rings. The van der Waals surface area contributed by atoms with Gasteiger partial charge >= 0.3 is 5.97 Å². The number of nitrogens with one attached hydrogen (secondary N) is 2. The third-order valence-corrected chi connectivity index (χ3v) is 3.44. The number of benzene rings is 1. The van der Waals surface area contributed by atoms with Crippen LogP contribution in [-0.4, -0.2) is 31.1 Å². The number of carbonyl (C=O) groups excluding carboxylic acids is 2. The summed E-state index contributed by atoms with van der Waals surface area (Å²) in [7, 11) is 1.27. The van der Waals surface area contributed by atoms with Crippen LogP contribution in [0.15, 0.2) is 18.2 Å². The fraction of sp³-hybridized carbons (Fsp3) is 0.429. The van der Waals surface area contributed by atoms with E-state index in [0.717, 1.165) is 6.42 Å². The van der Waals surface area contributed by atoms with Crippen LogP contribution in [0.2, 0.25) is 0 Å². The third kappa shape index (κ3) is 2.60. The van der Waals surface area contributed by atoms with Crippen molar-refractivity contribution in [3.8, 4) is 0 Å². The van der Waals surface area contributed by atoms with Gasteiger partial charge in [0.15, 0.2) is 0 Å². The summed E-state index contributed by atoms with van der Waals surface area (Å²) in [6.45, 7) is 0.666. The molecule has 1 amide bonds. The number of methoxy groups -OCH3 is 1. The van der Waals surface area contributed by atoms with Gasteiger partial charge in [0.1, 0.15) is 0 Å². The Morgan fingerprint density at radius 1 is 1.55 bits per heavy atom. The van der Waals surface area contributed by atoms with Crippen LogP contribution >= 0.6 is 0 Å². The Morgan fingerprint density at radius 2 is 2.35 bits per heavy atom. The van der Waals surface area contributed by atoms with Crippen molar-refractivity contribution in [1.29, 1.82) is 0 Å². The summed E-state index contributed by atoms with van der Waals surface area (Å²) in [6, 6.07) is 4.77. The summed E-state index contributed by atoms with van der Waals surface area (Å²) in [5.74, 6) is -0.860. The Kier molecular flexibility index (Phi) is 3.56. The minimum Gasteiger partial charge on any atom is -0.465 e. The molecule has 0 aromatic heterocycles. The van der Waals surface area contributed by atoms with Crippen molar-refractivity contribution >= 4 is 23.3 Å². The van der Waals surface area contributed by atoms with E-state index in [1.165, 1.54) is 13.2 Å². The number of para-hydroxylation sites is 1. The number of esters is 1. The van der Waals surface area contributed by atoms with E-state index in [1.54, 1.807) is 12.1 Å². The normalized spacial score (nSPS) is 22.1. The maximum absolute atomic E-state index is 12.4. The number of anilines is 2. The average molecular weight is 278 g/mol. The molecule has 0 bridgehead atoms. The van der Waals surface area contributed by atoms with Crippen LogP contribution in [0.25, 0.3) is 0 Å². The van der Waals surface area contributed by atoms with Crippen LogP contribution in [0.1, 0.15) is 31.5 Å². The van der Waals surface area contributed by atoms with Crippen molar-refractivity contribution < 1.29 is 15.7 Å². The molecule has 1 fully saturated rings. The Balaban J connectivity index is 2.23. The zero-order valence-corrected chi connectivity index (χ0v) is 11.4. The summed E-state index contributed by atoms with van der Waals surface area (Å²) in [4.78, 5) is 24.0. The molecule has 2 rings (SSSR count). The molecule has 0 saturated carbocycles. The first-order valence-electron chi connectivity index (χ1n) is 7.07. The zero-order chi connectivity index (χ0) is 15.5. The van der Waals surface area contributed by atoms with E-state index in [0.29, 0.717) is 18.7 Å². The lowest BCUT2D eigenvalue weighted by Crippen LogP contribution is -2.48. The first kappa shape index (κ1) is 12.9. The number of rotatable bonds is 3. The molecule has 0 radical (unpaired) electrons. The predicted molar refractivity (Wildman–Crippen MR) is 76.5 cm³/mol. The topological polar surface area (TPSA) is 93.5 Å². The maximum atomic E-state index is 12.4. The van der Waals surface area contributed by atoms with E-state index in [-0.39, 0.29) is 24.1 Å². The second-order valence-electron chi connectivity index (χ2n) is 4.82. The lowest BCUT2D eigenvalue weighted by molar-refractivity contribution is -0.121. The van der Waals surface area contributed by atoms with Crippen LogP contribution in [0.4, 0.5) is 11.4 Å². The molecule has 1 saturated heterocycles. The summed E-state index contributed by atoms with van der Waals surface area (Å²) >= 11 is 0. The molecule has 4 N–H and O–H groups in total. The fourth-order valence-corrected chi connectivity index (χ4v) is 2.20. The van der Waals surface area contributed by atoms with Gasteiger partial charge in [0.05, 0.1) is 29.6 Å². The van der Waals surface area contributed by atoms with Crippen LogP contribution < -0.4 is 16.4 Å². The molecule has 6 nitrogen and oxygen atoms in total. The summed E-state index contributed by atoms with van der Waals surface area (Å²) in [5.41, 5.74) is 5.74. The first-order chi connectivity index (χ1) is 10.0. The quantitative estimate of drug-likeness (QED) is 0.569. The minimum absolute atomic E-state index is 0.0462. The predicted octanol–water partition coefficient (Wildman–Crippen LogP) is 1.14. The van der Waals surface area contributed by atoms with Gasteiger partial charge in [-0.25, -0.2) is 4.79 Å². The smallest absolute Gasteiger partial charge is 0.340 e. The molecule has 6 heteroatoms. The van der Waals surface area contributed by atoms with Gasteiger partial charge in [0.2, 0.25) is 5.91 Å². The van der Waals surface area contributed by atoms with Crippen molar-refractivity contribution in [3.05, 3.63) is 23.8 Å². The van der Waals surface area contributed by atoms with Crippen molar-refractivity contribution in [1.82, 2.24) is 5.32 Å². The number of ether oxygens (including phenoxy) is 1. The molecular weight excluding hydrogens is 258 g/mol. The van der Waals surface area contributed by atoms with E-state index in [9.17, 15) is 9.59 Å². The second-order valence-corrected chi connectivity index (χ2v) is 4.82. The monoisotopic (exact) mass is 278 g/mol. The van der Waals surface area contributed by atoms with Gasteiger partial charge in [0.25, 0.3) is 0 Å². The highest BCUT2D eigenvalue weighted by Crippen LogP contribution is 2.26. The summed E-state index contributed by atoms with van der Waals surface area (Å²) < 4.78 is 12.3. The third-order valence-electron chi connectivity index (χ3n) is 3.44. The highest BCUT2D eigenvalue weighted by atomic mass is 16.5. The highest BCUT2D eigenvalue weighted by molar-refractivity contribution is 6.04. The van der Waals surface area contributed by atoms with E-state index in [1.807, 2.05) is 0 Å². The minimum atomic E-state index is -0.881. The molecule has 0 aliphatic carbocycles. The lowest BCUT2D eigenvalue weighted by atomic mass is 9.99. The molecule has 1 heterocycles. The van der Waals surface area contributed by atoms with Gasteiger partial charge < -0.3 is 21.1 Å². The number of amides is 1. The molecule has 1 aromatic carbocycles. The van der Waals surface area contributed by atoms with Gasteiger partial charge in [0, 0.05) is 1.37 Å². The maximum Gasteiger partial charge on any atom is 0.340 e. The largest absolute Gasteiger partial charge is 0.465 e. The van der Waals surface area contributed by atoms with E-state index >= 15 is 0 Å². The van der Waals surface area contributed by atoms with Crippen molar-refractivity contribution in [2.24, 2.45) is 0 Å². The number of nitrogens with two attached hydrogens (primary N) is 1. The Morgan fingerprint density at radius 3 is 2.95 bits per heavy atom. The fourth-order valence-electron chi connectivity index (χ4n) is 2.20. The Bertz CT molecular complexity index is 556. The molecular formula is C14H19N3O3. The summed E-state index contributed by atoms with van der Waals surface area (Å²) in [5, 5.41) is 5.78. The van der Waals surface area contributed by atoms with E-state index in [4.69, 9.17) is 7.10 Å². The lowest BCUT2D eigenvalue weighted by Gasteiger charge is -2.23. The molecule has 0 unspecified atom stereocenters. The van der Waals surface area contributed by atoms with Crippen LogP contribution in [-0.2, 0) is 9.53 Å². The zero-order valence-electron chi connectivity index (χ0n) is 12.4. The molecule has 20 heavy (non-hydrogen) atoms. The molecule has 1 aliphatic heterocycles. The number of hydrogen-bond donors (Lipinski definition) is 3. The summed E-state index contributed by atoms with van der Waals surface area (Å²) in [6.07, 6.45) is 1.46. The second kappa shape index (κ2) is 5.50. The Hall–Kier alpha value is -2.08. The first-order valence-corrected chi connectivity index (χ1v) is 6.36. The van der Waals surface area contributed by atoms with E-state index < -0.39 is 11.5 Å². The Labute approximate surface area is 119 Å². The van der Waals surface area contributed by atoms with Crippen molar-refractivity contribution in [2.75, 3.05) is 24.7 Å². The van der Waals surface area contributed by atoms with Gasteiger partial charge in [-0.15, -0.1) is 0 Å². The molecule has 1 atom stereocenters. The van der Waals surface area contributed by atoms with E-state index in [2.05, 4.69) is 15.4 Å². The standard InChI is InChI=1S/C14H19N3O3/c1-14(7-4-8-16-14)13(19)17-10-6-3-5-9(11(10)15)12(18)20-2/h3,5-6,16H,4,7-8,15H2,1-2H3,(H,17,19)/t14-/m0/s1/i1D. The average Bonchev–Trinajstić information content (AvgIpc) is 2.98. The molecule has 108 valence electrons. The van der Waals surface area contributed by atoms with Gasteiger partial charge in [-0.1, -0.05) is 6.07 Å². The van der Waals surface area contributed by atoms with Crippen molar-refractivity contribution in [2.45, 2.75) is 25.3 Å². The van der Waals surface area contributed by atoms with Crippen molar-refractivity contribution in [3.63, 3.8) is 0 Å². The highest BCUT2D eigenvalue weighted by Gasteiger charge is 2.36. The number of nitrogen functional groups attached to an aromatic ring is 1. The van der Waals surface area contributed by atoms with Crippen LogP contribution in [0, 0.1) is 0 Å². The van der Waals surface area contributed by atoms with Gasteiger partial charge in [-0.05, 0) is 38.4 Å². The molecule has 1 aromatic rings. The van der Waals surface area contributed by atoms with Crippen LogP contribution in [0.5, 0.6) is 0 Å². The van der Waals surface area contributed by atoms with Gasteiger partial charge in [-0.2, -0.15) is 0 Å². The van der Waals surface area contributed by atoms with Crippen LogP contribution in [0.3, 0.4) is 0 Å². The number of carbonyl (C=O) groups is 2. The van der Waals surface area contributed by atoms with Gasteiger partial charge in [-0.3, -0.25) is 4.79 Å². The molecule has 0 spiro atoms. The number of hydrogen-bond acceptors (Lipinski definition) is 5.